The van der Waals surface area contributed by atoms with E-state index in [1.165, 1.54) is 6.07 Å². The molecular weight excluding hydrogens is 514 g/mol. The summed E-state index contributed by atoms with van der Waals surface area (Å²) in [6.45, 7) is 1.77. The molecular formula is C31H27NO8. The van der Waals surface area contributed by atoms with Gasteiger partial charge in [0.25, 0.3) is 0 Å². The third-order valence-electron chi connectivity index (χ3n) is 7.38. The average Bonchev–Trinajstić information content (AvgIpc) is 2.99. The number of hydrogen-bond acceptors (Lipinski definition) is 8. The zero-order valence-electron chi connectivity index (χ0n) is 21.5. The summed E-state index contributed by atoms with van der Waals surface area (Å²) in [4.78, 5) is 28.5. The molecule has 40 heavy (non-hydrogen) atoms. The Hall–Kier alpha value is -4.76. The first kappa shape index (κ1) is 25.5. The summed E-state index contributed by atoms with van der Waals surface area (Å²) in [6.07, 6.45) is 1.77. The summed E-state index contributed by atoms with van der Waals surface area (Å²) in [5.74, 6) is -2.49. The van der Waals surface area contributed by atoms with E-state index in [4.69, 9.17) is 13.9 Å². The lowest BCUT2D eigenvalue weighted by Crippen LogP contribution is -2.41. The van der Waals surface area contributed by atoms with Crippen molar-refractivity contribution >= 4 is 23.0 Å². The normalized spacial score (nSPS) is 15.7. The number of aromatic hydroxyl groups is 3. The van der Waals surface area contributed by atoms with Gasteiger partial charge in [0.2, 0.25) is 11.7 Å². The summed E-state index contributed by atoms with van der Waals surface area (Å²) < 4.78 is 17.6. The molecule has 0 unspecified atom stereocenters. The van der Waals surface area contributed by atoms with Gasteiger partial charge in [-0.2, -0.15) is 0 Å². The Balaban J connectivity index is 1.58. The topological polar surface area (TPSA) is 130 Å². The number of hydrogen-bond donors (Lipinski definition) is 3. The fourth-order valence-corrected chi connectivity index (χ4v) is 5.31. The highest BCUT2D eigenvalue weighted by molar-refractivity contribution is 5.94. The van der Waals surface area contributed by atoms with E-state index in [-0.39, 0.29) is 41.2 Å². The third-order valence-corrected chi connectivity index (χ3v) is 7.38. The van der Waals surface area contributed by atoms with Crippen LogP contribution in [0.25, 0.3) is 28.4 Å². The Labute approximate surface area is 229 Å². The van der Waals surface area contributed by atoms with Crippen molar-refractivity contribution in [2.75, 3.05) is 32.9 Å². The van der Waals surface area contributed by atoms with Gasteiger partial charge in [-0.25, -0.2) is 0 Å². The van der Waals surface area contributed by atoms with Crippen molar-refractivity contribution in [2.24, 2.45) is 0 Å². The largest absolute Gasteiger partial charge is 0.504 e. The molecule has 6 rings (SSSR count). The molecule has 4 aromatic rings. The lowest BCUT2D eigenvalue weighted by molar-refractivity contribution is -0.135. The molecule has 0 bridgehead atoms. The molecule has 204 valence electrons. The number of fused-ring (bicyclic) bond motifs is 2. The van der Waals surface area contributed by atoms with Crippen LogP contribution in [0.2, 0.25) is 0 Å². The van der Waals surface area contributed by atoms with E-state index in [1.807, 2.05) is 36.4 Å². The number of nitrogens with zero attached hydrogens (tertiary/aromatic N) is 1. The summed E-state index contributed by atoms with van der Waals surface area (Å²) >= 11 is 0. The minimum absolute atomic E-state index is 0.0241. The average molecular weight is 542 g/mol. The molecule has 3 heterocycles. The Morgan fingerprint density at radius 2 is 1.65 bits per heavy atom. The number of morpholine rings is 1. The van der Waals surface area contributed by atoms with E-state index in [2.05, 4.69) is 0 Å². The Morgan fingerprint density at radius 3 is 2.42 bits per heavy atom. The maximum atomic E-state index is 13.5. The summed E-state index contributed by atoms with van der Waals surface area (Å²) in [7, 11) is 0. The zero-order valence-corrected chi connectivity index (χ0v) is 21.5. The SMILES string of the molecule is O=C(C[C@H](C1=Cc2ccccc2OC1)c1c(O)c(O)c(O)c2c(=O)cc(-c3ccccc3)oc12)N1CCOCC1. The number of phenolic OH excluding ortho intramolecular Hbond substituents is 3. The summed E-state index contributed by atoms with van der Waals surface area (Å²) in [5.41, 5.74) is 1.33. The van der Waals surface area contributed by atoms with Crippen LogP contribution in [0.4, 0.5) is 0 Å². The molecule has 9 heteroatoms. The fourth-order valence-electron chi connectivity index (χ4n) is 5.31. The molecule has 2 aliphatic heterocycles. The molecule has 1 atom stereocenters. The van der Waals surface area contributed by atoms with Gasteiger partial charge in [-0.3, -0.25) is 9.59 Å². The lowest BCUT2D eigenvalue weighted by Gasteiger charge is -2.31. The first-order valence-corrected chi connectivity index (χ1v) is 13.0. The van der Waals surface area contributed by atoms with Gasteiger partial charge in [-0.15, -0.1) is 0 Å². The van der Waals surface area contributed by atoms with Gasteiger partial charge in [-0.05, 0) is 17.7 Å². The van der Waals surface area contributed by atoms with Crippen molar-refractivity contribution in [3.05, 3.63) is 87.6 Å². The number of carbonyl (C=O) groups excluding carboxylic acids is 1. The second kappa shape index (κ2) is 10.4. The van der Waals surface area contributed by atoms with Crippen LogP contribution < -0.4 is 10.2 Å². The van der Waals surface area contributed by atoms with Gasteiger partial charge in [0.15, 0.2) is 16.9 Å². The molecule has 0 saturated carbocycles. The fraction of sp³-hybridized carbons (Fsp3) is 0.226. The third kappa shape index (κ3) is 4.54. The summed E-state index contributed by atoms with van der Waals surface area (Å²) in [6, 6.07) is 17.6. The van der Waals surface area contributed by atoms with Gasteiger partial charge in [-0.1, -0.05) is 48.5 Å². The first-order chi connectivity index (χ1) is 19.4. The maximum Gasteiger partial charge on any atom is 0.223 e. The predicted molar refractivity (Wildman–Crippen MR) is 148 cm³/mol. The Morgan fingerprint density at radius 1 is 0.925 bits per heavy atom. The molecule has 0 radical (unpaired) electrons. The van der Waals surface area contributed by atoms with Crippen LogP contribution in [-0.4, -0.2) is 59.0 Å². The number of rotatable bonds is 5. The number of ether oxygens (including phenoxy) is 2. The second-order valence-corrected chi connectivity index (χ2v) is 9.80. The quantitative estimate of drug-likeness (QED) is 0.318. The van der Waals surface area contributed by atoms with Crippen molar-refractivity contribution in [1.29, 1.82) is 0 Å². The second-order valence-electron chi connectivity index (χ2n) is 9.80. The van der Waals surface area contributed by atoms with Crippen LogP contribution in [-0.2, 0) is 9.53 Å². The van der Waals surface area contributed by atoms with E-state index < -0.39 is 28.6 Å². The van der Waals surface area contributed by atoms with Crippen molar-refractivity contribution in [3.8, 4) is 34.3 Å². The molecule has 2 aliphatic rings. The number of para-hydroxylation sites is 1. The molecule has 1 saturated heterocycles. The van der Waals surface area contributed by atoms with Crippen LogP contribution >= 0.6 is 0 Å². The smallest absolute Gasteiger partial charge is 0.223 e. The number of carbonyl (C=O) groups is 1. The van der Waals surface area contributed by atoms with E-state index in [9.17, 15) is 24.9 Å². The van der Waals surface area contributed by atoms with Gasteiger partial charge in [0.05, 0.1) is 13.2 Å². The zero-order chi connectivity index (χ0) is 27.8. The molecule has 1 amide bonds. The van der Waals surface area contributed by atoms with E-state index in [1.54, 1.807) is 29.2 Å². The monoisotopic (exact) mass is 541 g/mol. The van der Waals surface area contributed by atoms with Crippen molar-refractivity contribution < 1.29 is 34.0 Å². The lowest BCUT2D eigenvalue weighted by atomic mass is 9.84. The van der Waals surface area contributed by atoms with Crippen LogP contribution in [0.15, 0.2) is 75.4 Å². The van der Waals surface area contributed by atoms with Gasteiger partial charge in [0, 0.05) is 48.2 Å². The van der Waals surface area contributed by atoms with Crippen LogP contribution in [0.1, 0.15) is 23.5 Å². The van der Waals surface area contributed by atoms with Crippen molar-refractivity contribution in [3.63, 3.8) is 0 Å². The molecule has 9 nitrogen and oxygen atoms in total. The maximum absolute atomic E-state index is 13.5. The standard InChI is InChI=1S/C31H27NO8/c33-22-16-24(18-6-2-1-3-7-18)40-31-26(28(35)30(37)29(36)27(22)31)21(15-25(34)32-10-12-38-13-11-32)20-14-19-8-4-5-9-23(19)39-17-20/h1-9,14,16,21,35-37H,10-13,15,17H2/t21-/m1/s1. The minimum Gasteiger partial charge on any atom is -0.504 e. The first-order valence-electron chi connectivity index (χ1n) is 13.0. The Bertz CT molecular complexity index is 1690. The van der Waals surface area contributed by atoms with Gasteiger partial charge < -0.3 is 34.1 Å². The minimum atomic E-state index is -0.858. The van der Waals surface area contributed by atoms with E-state index in [0.29, 0.717) is 43.2 Å². The van der Waals surface area contributed by atoms with Gasteiger partial charge >= 0.3 is 0 Å². The van der Waals surface area contributed by atoms with Crippen LogP contribution in [0.5, 0.6) is 23.0 Å². The summed E-state index contributed by atoms with van der Waals surface area (Å²) in [5, 5.41) is 32.4. The van der Waals surface area contributed by atoms with E-state index in [0.717, 1.165) is 5.56 Å². The molecule has 0 spiro atoms. The van der Waals surface area contributed by atoms with Crippen LogP contribution in [0.3, 0.4) is 0 Å². The highest BCUT2D eigenvalue weighted by Crippen LogP contribution is 2.50. The number of benzene rings is 3. The molecule has 3 aromatic carbocycles. The molecule has 3 N–H and O–H groups in total. The molecule has 1 fully saturated rings. The highest BCUT2D eigenvalue weighted by atomic mass is 16.5. The Kier molecular flexibility index (Phi) is 6.65. The number of amides is 1. The number of phenols is 3. The predicted octanol–water partition coefficient (Wildman–Crippen LogP) is 4.39. The van der Waals surface area contributed by atoms with Gasteiger partial charge in [0.1, 0.15) is 29.1 Å². The van der Waals surface area contributed by atoms with Crippen LogP contribution in [0, 0.1) is 0 Å². The highest BCUT2D eigenvalue weighted by Gasteiger charge is 2.34. The molecule has 1 aromatic heterocycles. The van der Waals surface area contributed by atoms with Crippen molar-refractivity contribution in [1.82, 2.24) is 4.90 Å². The van der Waals surface area contributed by atoms with E-state index >= 15 is 0 Å². The van der Waals surface area contributed by atoms with Crippen molar-refractivity contribution in [2.45, 2.75) is 12.3 Å². The molecule has 0 aliphatic carbocycles.